The summed E-state index contributed by atoms with van der Waals surface area (Å²) < 4.78 is 22.8. The van der Waals surface area contributed by atoms with Crippen molar-refractivity contribution in [2.75, 3.05) is 65.6 Å². The number of anilines is 1. The van der Waals surface area contributed by atoms with Crippen molar-refractivity contribution in [1.29, 1.82) is 0 Å². The Hall–Kier alpha value is -2.59. The molecule has 4 rings (SSSR count). The lowest BCUT2D eigenvalue weighted by molar-refractivity contribution is 0.0391. The molecule has 1 saturated heterocycles. The molecule has 3 aromatic rings. The number of methoxy groups -OCH3 is 3. The van der Waals surface area contributed by atoms with Crippen molar-refractivity contribution in [3.63, 3.8) is 0 Å². The van der Waals surface area contributed by atoms with E-state index in [2.05, 4.69) is 17.9 Å². The molecule has 0 saturated carbocycles. The Bertz CT molecular complexity index is 1110. The van der Waals surface area contributed by atoms with Crippen LogP contribution in [0.25, 0.3) is 10.2 Å². The minimum absolute atomic E-state index is 0. The first-order chi connectivity index (χ1) is 16.0. The normalized spacial score (nSPS) is 13.9. The lowest BCUT2D eigenvalue weighted by atomic mass is 10.1. The number of aromatic nitrogens is 1. The number of hydrogen-bond donors (Lipinski definition) is 0. The summed E-state index contributed by atoms with van der Waals surface area (Å²) in [6.07, 6.45) is 0. The highest BCUT2D eigenvalue weighted by molar-refractivity contribution is 7.22. The lowest BCUT2D eigenvalue weighted by Gasteiger charge is -2.29. The van der Waals surface area contributed by atoms with Gasteiger partial charge in [-0.25, -0.2) is 4.98 Å². The Kier molecular flexibility index (Phi) is 8.96. The minimum atomic E-state index is -0.168. The molecule has 10 heteroatoms. The predicted molar refractivity (Wildman–Crippen MR) is 137 cm³/mol. The summed E-state index contributed by atoms with van der Waals surface area (Å²) in [6, 6.07) is 9.49. The molecule has 1 fully saturated rings. The fourth-order valence-corrected chi connectivity index (χ4v) is 4.93. The fourth-order valence-electron chi connectivity index (χ4n) is 3.85. The van der Waals surface area contributed by atoms with E-state index in [0.29, 0.717) is 47.7 Å². The van der Waals surface area contributed by atoms with E-state index in [4.69, 9.17) is 23.9 Å². The molecule has 1 aliphatic rings. The average molecular weight is 508 g/mol. The molecule has 0 atom stereocenters. The van der Waals surface area contributed by atoms with Crippen molar-refractivity contribution in [3.8, 4) is 17.2 Å². The van der Waals surface area contributed by atoms with E-state index < -0.39 is 0 Å². The number of fused-ring (bicyclic) bond motifs is 1. The van der Waals surface area contributed by atoms with Crippen molar-refractivity contribution in [2.45, 2.75) is 6.92 Å². The van der Waals surface area contributed by atoms with Gasteiger partial charge < -0.3 is 18.9 Å². The highest BCUT2D eigenvalue weighted by Gasteiger charge is 2.25. The molecule has 0 N–H and O–H groups in total. The maximum atomic E-state index is 13.8. The summed E-state index contributed by atoms with van der Waals surface area (Å²) in [5.74, 6) is 1.16. The fraction of sp³-hybridized carbons (Fsp3) is 0.417. The average Bonchev–Trinajstić information content (AvgIpc) is 3.26. The van der Waals surface area contributed by atoms with Crippen molar-refractivity contribution >= 4 is 45.0 Å². The van der Waals surface area contributed by atoms with Gasteiger partial charge in [0.05, 0.1) is 44.8 Å². The Morgan fingerprint density at radius 2 is 1.76 bits per heavy atom. The number of halogens is 1. The van der Waals surface area contributed by atoms with Gasteiger partial charge in [-0.1, -0.05) is 17.4 Å². The van der Waals surface area contributed by atoms with Gasteiger partial charge >= 0.3 is 0 Å². The van der Waals surface area contributed by atoms with E-state index in [0.717, 1.165) is 35.4 Å². The second kappa shape index (κ2) is 11.7. The third-order valence-corrected chi connectivity index (χ3v) is 6.71. The maximum absolute atomic E-state index is 13.8. The van der Waals surface area contributed by atoms with E-state index in [-0.39, 0.29) is 18.3 Å². The molecule has 0 spiro atoms. The Balaban J connectivity index is 0.00000324. The SMILES string of the molecule is COc1cc(C(=O)N(CCN2CCOCC2)c2nc3ccc(C)cc3s2)cc(OC)c1OC.Cl. The van der Waals surface area contributed by atoms with Crippen LogP contribution in [0.5, 0.6) is 17.2 Å². The quantitative estimate of drug-likeness (QED) is 0.455. The van der Waals surface area contributed by atoms with Crippen molar-refractivity contribution in [2.24, 2.45) is 0 Å². The molecule has 2 aromatic carbocycles. The zero-order chi connectivity index (χ0) is 23.4. The highest BCUT2D eigenvalue weighted by Crippen LogP contribution is 2.39. The van der Waals surface area contributed by atoms with Crippen LogP contribution in [0.1, 0.15) is 15.9 Å². The zero-order valence-electron chi connectivity index (χ0n) is 19.8. The molecule has 0 radical (unpaired) electrons. The molecule has 184 valence electrons. The van der Waals surface area contributed by atoms with Gasteiger partial charge in [-0.05, 0) is 36.8 Å². The molecule has 0 unspecified atom stereocenters. The van der Waals surface area contributed by atoms with Gasteiger partial charge in [-0.15, -0.1) is 12.4 Å². The number of carbonyl (C=O) groups excluding carboxylic acids is 1. The van der Waals surface area contributed by atoms with Crippen LogP contribution in [-0.4, -0.2) is 76.5 Å². The first kappa shape index (κ1) is 26.0. The molecular weight excluding hydrogens is 478 g/mol. The first-order valence-electron chi connectivity index (χ1n) is 10.8. The summed E-state index contributed by atoms with van der Waals surface area (Å²) in [5.41, 5.74) is 2.49. The van der Waals surface area contributed by atoms with Crippen molar-refractivity contribution in [3.05, 3.63) is 41.5 Å². The van der Waals surface area contributed by atoms with E-state index in [1.165, 1.54) is 25.6 Å². The van der Waals surface area contributed by atoms with Crippen LogP contribution in [0.3, 0.4) is 0 Å². The standard InChI is InChI=1S/C24H29N3O5S.ClH/c1-16-5-6-18-21(13-16)33-24(25-18)27(8-7-26-9-11-32-12-10-26)23(28)17-14-19(29-2)22(31-4)20(15-17)30-3;/h5-6,13-15H,7-12H2,1-4H3;1H. The zero-order valence-corrected chi connectivity index (χ0v) is 21.5. The molecule has 0 aliphatic carbocycles. The number of rotatable bonds is 8. The van der Waals surface area contributed by atoms with Crippen LogP contribution >= 0.6 is 23.7 Å². The number of thiazole rings is 1. The third-order valence-electron chi connectivity index (χ3n) is 5.66. The van der Waals surface area contributed by atoms with Crippen LogP contribution in [-0.2, 0) is 4.74 Å². The number of aryl methyl sites for hydroxylation is 1. The third kappa shape index (κ3) is 5.55. The van der Waals surface area contributed by atoms with Gasteiger partial charge in [-0.2, -0.15) is 0 Å². The van der Waals surface area contributed by atoms with E-state index in [1.54, 1.807) is 24.1 Å². The first-order valence-corrected chi connectivity index (χ1v) is 11.6. The van der Waals surface area contributed by atoms with Crippen LogP contribution in [0.2, 0.25) is 0 Å². The van der Waals surface area contributed by atoms with E-state index in [9.17, 15) is 4.79 Å². The highest BCUT2D eigenvalue weighted by atomic mass is 35.5. The Morgan fingerprint density at radius 3 is 2.38 bits per heavy atom. The smallest absolute Gasteiger partial charge is 0.260 e. The van der Waals surface area contributed by atoms with Gasteiger partial charge in [0, 0.05) is 31.7 Å². The second-order valence-corrected chi connectivity index (χ2v) is 8.80. The van der Waals surface area contributed by atoms with Crippen molar-refractivity contribution < 1.29 is 23.7 Å². The molecule has 1 aliphatic heterocycles. The van der Waals surface area contributed by atoms with Crippen LogP contribution in [0.15, 0.2) is 30.3 Å². The number of hydrogen-bond acceptors (Lipinski definition) is 8. The van der Waals surface area contributed by atoms with Crippen molar-refractivity contribution in [1.82, 2.24) is 9.88 Å². The van der Waals surface area contributed by atoms with Crippen LogP contribution in [0.4, 0.5) is 5.13 Å². The number of benzene rings is 2. The number of amides is 1. The molecule has 1 aromatic heterocycles. The minimum Gasteiger partial charge on any atom is -0.493 e. The van der Waals surface area contributed by atoms with E-state index >= 15 is 0 Å². The Morgan fingerprint density at radius 1 is 1.09 bits per heavy atom. The molecular formula is C24H30ClN3O5S. The van der Waals surface area contributed by atoms with Gasteiger partial charge in [0.1, 0.15) is 0 Å². The topological polar surface area (TPSA) is 73.4 Å². The maximum Gasteiger partial charge on any atom is 0.260 e. The number of morpholine rings is 1. The van der Waals surface area contributed by atoms with Gasteiger partial charge in [0.25, 0.3) is 5.91 Å². The molecule has 2 heterocycles. The molecule has 1 amide bonds. The largest absolute Gasteiger partial charge is 0.493 e. The summed E-state index contributed by atoms with van der Waals surface area (Å²) in [6.45, 7) is 6.41. The predicted octanol–water partition coefficient (Wildman–Crippen LogP) is 4.03. The number of ether oxygens (including phenoxy) is 4. The number of carbonyl (C=O) groups is 1. The lowest BCUT2D eigenvalue weighted by Crippen LogP contribution is -2.43. The van der Waals surface area contributed by atoms with Crippen LogP contribution in [0, 0.1) is 6.92 Å². The molecule has 0 bridgehead atoms. The monoisotopic (exact) mass is 507 g/mol. The van der Waals surface area contributed by atoms with Gasteiger partial charge in [-0.3, -0.25) is 14.6 Å². The number of nitrogens with zero attached hydrogens (tertiary/aromatic N) is 3. The van der Waals surface area contributed by atoms with Gasteiger partial charge in [0.15, 0.2) is 16.6 Å². The van der Waals surface area contributed by atoms with E-state index in [1.807, 2.05) is 12.1 Å². The summed E-state index contributed by atoms with van der Waals surface area (Å²) in [5, 5.41) is 0.669. The molecule has 34 heavy (non-hydrogen) atoms. The second-order valence-electron chi connectivity index (χ2n) is 7.79. The molecule has 8 nitrogen and oxygen atoms in total. The summed E-state index contributed by atoms with van der Waals surface area (Å²) in [7, 11) is 4.62. The summed E-state index contributed by atoms with van der Waals surface area (Å²) >= 11 is 1.52. The van der Waals surface area contributed by atoms with Gasteiger partial charge in [0.2, 0.25) is 5.75 Å². The summed E-state index contributed by atoms with van der Waals surface area (Å²) in [4.78, 5) is 22.6. The van der Waals surface area contributed by atoms with Crippen LogP contribution < -0.4 is 19.1 Å². The Labute approximate surface area is 209 Å².